The van der Waals surface area contributed by atoms with E-state index in [4.69, 9.17) is 5.73 Å². The Labute approximate surface area is 138 Å². The molecule has 0 aliphatic carbocycles. The lowest BCUT2D eigenvalue weighted by atomic mass is 10.0. The van der Waals surface area contributed by atoms with Crippen molar-refractivity contribution in [3.8, 4) is 0 Å². The zero-order valence-electron chi connectivity index (χ0n) is 12.7. The molecule has 134 valence electrons. The molecule has 2 aromatic carbocycles. The van der Waals surface area contributed by atoms with E-state index in [1.165, 1.54) is 12.1 Å². The van der Waals surface area contributed by atoms with Crippen molar-refractivity contribution >= 4 is 17.3 Å². The zero-order chi connectivity index (χ0) is 19.0. The third-order valence-corrected chi connectivity index (χ3v) is 3.39. The second-order valence-corrected chi connectivity index (χ2v) is 5.32. The van der Waals surface area contributed by atoms with Gasteiger partial charge < -0.3 is 11.1 Å². The van der Waals surface area contributed by atoms with Crippen LogP contribution in [0.15, 0.2) is 36.4 Å². The molecule has 0 aromatic heterocycles. The van der Waals surface area contributed by atoms with Crippen molar-refractivity contribution in [2.75, 3.05) is 11.1 Å². The molecule has 0 bridgehead atoms. The first-order valence-electron chi connectivity index (χ1n) is 6.85. The van der Waals surface area contributed by atoms with Gasteiger partial charge >= 0.3 is 12.4 Å². The molecule has 0 atom stereocenters. The molecule has 0 fully saturated rings. The van der Waals surface area contributed by atoms with Crippen LogP contribution in [0.3, 0.4) is 0 Å². The molecule has 3 nitrogen and oxygen atoms in total. The minimum absolute atomic E-state index is 0.0410. The smallest absolute Gasteiger partial charge is 0.398 e. The molecule has 0 saturated heterocycles. The van der Waals surface area contributed by atoms with Crippen molar-refractivity contribution in [1.29, 1.82) is 0 Å². The SMILES string of the molecule is Cc1ccc(NC(=O)c2cc(C(F)(F)F)cc(C(F)(F)F)c2)cc1N. The summed E-state index contributed by atoms with van der Waals surface area (Å²) >= 11 is 0. The highest BCUT2D eigenvalue weighted by Gasteiger charge is 2.37. The first-order chi connectivity index (χ1) is 11.4. The maximum atomic E-state index is 12.8. The second-order valence-electron chi connectivity index (χ2n) is 5.32. The number of rotatable bonds is 2. The Kier molecular flexibility index (Phi) is 4.70. The van der Waals surface area contributed by atoms with Gasteiger partial charge in [-0.2, -0.15) is 26.3 Å². The summed E-state index contributed by atoms with van der Waals surface area (Å²) in [5, 5.41) is 2.23. The number of aryl methyl sites for hydroxylation is 1. The van der Waals surface area contributed by atoms with E-state index in [0.29, 0.717) is 23.4 Å². The van der Waals surface area contributed by atoms with Gasteiger partial charge in [0.25, 0.3) is 5.91 Å². The summed E-state index contributed by atoms with van der Waals surface area (Å²) in [4.78, 5) is 12.1. The lowest BCUT2D eigenvalue weighted by molar-refractivity contribution is -0.143. The Bertz CT molecular complexity index is 779. The van der Waals surface area contributed by atoms with E-state index < -0.39 is 35.0 Å². The van der Waals surface area contributed by atoms with Crippen LogP contribution in [0.4, 0.5) is 37.7 Å². The number of benzene rings is 2. The zero-order valence-corrected chi connectivity index (χ0v) is 12.7. The highest BCUT2D eigenvalue weighted by atomic mass is 19.4. The predicted octanol–water partition coefficient (Wildman–Crippen LogP) is 4.87. The predicted molar refractivity (Wildman–Crippen MR) is 80.0 cm³/mol. The van der Waals surface area contributed by atoms with E-state index >= 15 is 0 Å². The Morgan fingerprint density at radius 1 is 0.920 bits per heavy atom. The van der Waals surface area contributed by atoms with E-state index in [2.05, 4.69) is 5.32 Å². The molecular formula is C16H12F6N2O. The van der Waals surface area contributed by atoms with Crippen molar-refractivity contribution in [2.24, 2.45) is 0 Å². The van der Waals surface area contributed by atoms with Gasteiger partial charge in [0, 0.05) is 16.9 Å². The first-order valence-corrected chi connectivity index (χ1v) is 6.85. The number of nitrogen functional groups attached to an aromatic ring is 1. The van der Waals surface area contributed by atoms with Gasteiger partial charge in [0.2, 0.25) is 0 Å². The van der Waals surface area contributed by atoms with Gasteiger partial charge in [-0.1, -0.05) is 6.07 Å². The third-order valence-electron chi connectivity index (χ3n) is 3.39. The summed E-state index contributed by atoms with van der Waals surface area (Å²) in [6, 6.07) is 5.02. The van der Waals surface area contributed by atoms with Crippen molar-refractivity contribution in [3.05, 3.63) is 58.7 Å². The molecule has 25 heavy (non-hydrogen) atoms. The standard InChI is InChI=1S/C16H12F6N2O/c1-8-2-3-12(7-13(8)23)24-14(25)9-4-10(15(17,18)19)6-11(5-9)16(20,21)22/h2-7H,23H2,1H3,(H,24,25). The molecule has 0 aliphatic heterocycles. The highest BCUT2D eigenvalue weighted by molar-refractivity contribution is 6.04. The molecule has 0 spiro atoms. The fourth-order valence-electron chi connectivity index (χ4n) is 2.01. The topological polar surface area (TPSA) is 55.1 Å². The minimum Gasteiger partial charge on any atom is -0.398 e. The molecule has 1 amide bonds. The summed E-state index contributed by atoms with van der Waals surface area (Å²) < 4.78 is 76.8. The summed E-state index contributed by atoms with van der Waals surface area (Å²) in [6.07, 6.45) is -10.0. The number of alkyl halides is 6. The fraction of sp³-hybridized carbons (Fsp3) is 0.188. The molecule has 0 aliphatic rings. The monoisotopic (exact) mass is 362 g/mol. The number of hydrogen-bond acceptors (Lipinski definition) is 2. The van der Waals surface area contributed by atoms with Crippen LogP contribution in [-0.2, 0) is 12.4 Å². The largest absolute Gasteiger partial charge is 0.416 e. The van der Waals surface area contributed by atoms with Gasteiger partial charge in [-0.3, -0.25) is 4.79 Å². The third kappa shape index (κ3) is 4.43. The summed E-state index contributed by atoms with van der Waals surface area (Å²) in [5.74, 6) is -1.11. The molecule has 0 saturated carbocycles. The fourth-order valence-corrected chi connectivity index (χ4v) is 2.01. The average Bonchev–Trinajstić information content (AvgIpc) is 2.48. The number of amides is 1. The Balaban J connectivity index is 2.42. The van der Waals surface area contributed by atoms with Crippen molar-refractivity contribution in [1.82, 2.24) is 0 Å². The van der Waals surface area contributed by atoms with E-state index in [-0.39, 0.29) is 11.8 Å². The van der Waals surface area contributed by atoms with Crippen LogP contribution in [0.5, 0.6) is 0 Å². The van der Waals surface area contributed by atoms with Gasteiger partial charge in [0.1, 0.15) is 0 Å². The normalized spacial score (nSPS) is 12.1. The maximum absolute atomic E-state index is 12.8. The van der Waals surface area contributed by atoms with Crippen molar-refractivity contribution in [3.63, 3.8) is 0 Å². The molecule has 2 rings (SSSR count). The van der Waals surface area contributed by atoms with Crippen molar-refractivity contribution < 1.29 is 31.1 Å². The van der Waals surface area contributed by atoms with E-state index in [0.717, 1.165) is 0 Å². The van der Waals surface area contributed by atoms with Crippen LogP contribution in [0.25, 0.3) is 0 Å². The van der Waals surface area contributed by atoms with Crippen LogP contribution in [0.1, 0.15) is 27.0 Å². The molecular weight excluding hydrogens is 350 g/mol. The summed E-state index contributed by atoms with van der Waals surface area (Å²) in [5.41, 5.74) is 2.94. The first kappa shape index (κ1) is 18.6. The quantitative estimate of drug-likeness (QED) is 0.592. The summed E-state index contributed by atoms with van der Waals surface area (Å²) in [7, 11) is 0. The number of carbonyl (C=O) groups excluding carboxylic acids is 1. The molecule has 9 heteroatoms. The van der Waals surface area contributed by atoms with Gasteiger partial charge in [-0.25, -0.2) is 0 Å². The Hall–Kier alpha value is -2.71. The summed E-state index contributed by atoms with van der Waals surface area (Å²) in [6.45, 7) is 1.70. The van der Waals surface area contributed by atoms with E-state index in [1.54, 1.807) is 13.0 Å². The maximum Gasteiger partial charge on any atom is 0.416 e. The van der Waals surface area contributed by atoms with Crippen LogP contribution in [-0.4, -0.2) is 5.91 Å². The van der Waals surface area contributed by atoms with Gasteiger partial charge in [-0.15, -0.1) is 0 Å². The lowest BCUT2D eigenvalue weighted by Gasteiger charge is -2.14. The number of nitrogens with two attached hydrogens (primary N) is 1. The van der Waals surface area contributed by atoms with Crippen LogP contribution >= 0.6 is 0 Å². The van der Waals surface area contributed by atoms with Crippen LogP contribution in [0.2, 0.25) is 0 Å². The lowest BCUT2D eigenvalue weighted by Crippen LogP contribution is -2.17. The van der Waals surface area contributed by atoms with Crippen LogP contribution < -0.4 is 11.1 Å². The van der Waals surface area contributed by atoms with E-state index in [1.807, 2.05) is 0 Å². The Morgan fingerprint density at radius 3 is 1.88 bits per heavy atom. The average molecular weight is 362 g/mol. The van der Waals surface area contributed by atoms with Crippen LogP contribution in [0, 0.1) is 6.92 Å². The van der Waals surface area contributed by atoms with E-state index in [9.17, 15) is 31.1 Å². The second kappa shape index (κ2) is 6.30. The van der Waals surface area contributed by atoms with Crippen molar-refractivity contribution in [2.45, 2.75) is 19.3 Å². The number of hydrogen-bond donors (Lipinski definition) is 2. The highest BCUT2D eigenvalue weighted by Crippen LogP contribution is 2.36. The van der Waals surface area contributed by atoms with Gasteiger partial charge in [0.05, 0.1) is 11.1 Å². The number of halogens is 6. The number of carbonyl (C=O) groups is 1. The minimum atomic E-state index is -5.02. The Morgan fingerprint density at radius 2 is 1.44 bits per heavy atom. The molecule has 2 aromatic rings. The van der Waals surface area contributed by atoms with Gasteiger partial charge in [0.15, 0.2) is 0 Å². The molecule has 3 N–H and O–H groups in total. The molecule has 0 radical (unpaired) electrons. The number of nitrogens with one attached hydrogen (secondary N) is 1. The number of anilines is 2. The van der Waals surface area contributed by atoms with Gasteiger partial charge in [-0.05, 0) is 42.8 Å². The molecule has 0 unspecified atom stereocenters. The molecule has 0 heterocycles.